The lowest BCUT2D eigenvalue weighted by molar-refractivity contribution is -0.135. The summed E-state index contributed by atoms with van der Waals surface area (Å²) in [7, 11) is 0. The number of nitrogens with two attached hydrogens (primary N) is 1. The summed E-state index contributed by atoms with van der Waals surface area (Å²) < 4.78 is 0. The van der Waals surface area contributed by atoms with Crippen LogP contribution in [0.25, 0.3) is 0 Å². The largest absolute Gasteiger partial charge is 0.334 e. The van der Waals surface area contributed by atoms with E-state index in [0.29, 0.717) is 13.1 Å². The summed E-state index contributed by atoms with van der Waals surface area (Å²) in [5.74, 6) is 0.344. The molecule has 0 spiro atoms. The molecule has 0 radical (unpaired) electrons. The topological polar surface area (TPSA) is 46.3 Å². The third kappa shape index (κ3) is 4.34. The highest BCUT2D eigenvalue weighted by atomic mass is 35.5. The molecule has 2 unspecified atom stereocenters. The van der Waals surface area contributed by atoms with Crippen molar-refractivity contribution in [1.29, 1.82) is 0 Å². The molecule has 1 amide bonds. The van der Waals surface area contributed by atoms with Gasteiger partial charge in [0, 0.05) is 23.4 Å². The Morgan fingerprint density at radius 2 is 2.37 bits per heavy atom. The maximum Gasteiger partial charge on any atom is 0.226 e. The molecular formula is C14H21ClN2OS. The first-order valence-electron chi connectivity index (χ1n) is 6.38. The number of carbonyl (C=O) groups is 1. The molecular weight excluding hydrogens is 280 g/mol. The van der Waals surface area contributed by atoms with E-state index in [2.05, 4.69) is 12.6 Å². The molecule has 2 rings (SSSR count). The van der Waals surface area contributed by atoms with Crippen molar-refractivity contribution < 1.29 is 4.79 Å². The number of rotatable bonds is 5. The molecule has 3 nitrogen and oxygen atoms in total. The third-order valence-electron chi connectivity index (χ3n) is 3.41. The monoisotopic (exact) mass is 300 g/mol. The number of thiophene rings is 1. The maximum atomic E-state index is 12.4. The van der Waals surface area contributed by atoms with Crippen LogP contribution < -0.4 is 5.73 Å². The first kappa shape index (κ1) is 16.2. The Morgan fingerprint density at radius 1 is 1.58 bits per heavy atom. The van der Waals surface area contributed by atoms with Crippen molar-refractivity contribution in [2.45, 2.75) is 31.8 Å². The number of hydrogen-bond donors (Lipinski definition) is 1. The summed E-state index contributed by atoms with van der Waals surface area (Å²) in [4.78, 5) is 15.5. The van der Waals surface area contributed by atoms with E-state index in [4.69, 9.17) is 5.73 Å². The second-order valence-corrected chi connectivity index (χ2v) is 5.89. The molecule has 0 aliphatic heterocycles. The smallest absolute Gasteiger partial charge is 0.226 e. The molecule has 2 N–H and O–H groups in total. The lowest BCUT2D eigenvalue weighted by atomic mass is 10.1. The van der Waals surface area contributed by atoms with E-state index < -0.39 is 0 Å². The summed E-state index contributed by atoms with van der Waals surface area (Å²) in [5, 5.41) is 2.04. The van der Waals surface area contributed by atoms with Gasteiger partial charge in [-0.25, -0.2) is 0 Å². The summed E-state index contributed by atoms with van der Waals surface area (Å²) in [6, 6.07) is 4.28. The zero-order valence-corrected chi connectivity index (χ0v) is 12.6. The van der Waals surface area contributed by atoms with Crippen LogP contribution >= 0.6 is 23.7 Å². The van der Waals surface area contributed by atoms with Crippen LogP contribution in [0.1, 0.15) is 24.1 Å². The normalized spacial score (nSPS) is 21.7. The molecule has 1 fully saturated rings. The van der Waals surface area contributed by atoms with Crippen LogP contribution in [0.3, 0.4) is 0 Å². The van der Waals surface area contributed by atoms with E-state index in [9.17, 15) is 4.79 Å². The van der Waals surface area contributed by atoms with Crippen LogP contribution in [0, 0.1) is 5.92 Å². The van der Waals surface area contributed by atoms with Crippen LogP contribution in [0.4, 0.5) is 0 Å². The predicted molar refractivity (Wildman–Crippen MR) is 82.5 cm³/mol. The molecule has 1 heterocycles. The summed E-state index contributed by atoms with van der Waals surface area (Å²) >= 11 is 1.68. The number of halogens is 1. The fraction of sp³-hybridized carbons (Fsp3) is 0.500. The van der Waals surface area contributed by atoms with Crippen LogP contribution in [0.15, 0.2) is 30.2 Å². The first-order valence-corrected chi connectivity index (χ1v) is 7.26. The molecule has 5 heteroatoms. The minimum Gasteiger partial charge on any atom is -0.334 e. The van der Waals surface area contributed by atoms with Crippen molar-refractivity contribution in [1.82, 2.24) is 4.90 Å². The van der Waals surface area contributed by atoms with Crippen molar-refractivity contribution in [3.63, 3.8) is 0 Å². The van der Waals surface area contributed by atoms with Gasteiger partial charge >= 0.3 is 0 Å². The number of carbonyl (C=O) groups excluding carboxylic acids is 1. The van der Waals surface area contributed by atoms with Gasteiger partial charge in [0.05, 0.1) is 6.54 Å². The molecule has 1 aromatic rings. The lowest BCUT2D eigenvalue weighted by Crippen LogP contribution is -2.35. The highest BCUT2D eigenvalue weighted by molar-refractivity contribution is 7.09. The zero-order chi connectivity index (χ0) is 13.0. The highest BCUT2D eigenvalue weighted by Gasteiger charge is 2.30. The van der Waals surface area contributed by atoms with Crippen molar-refractivity contribution in [3.8, 4) is 0 Å². The van der Waals surface area contributed by atoms with E-state index in [0.717, 1.165) is 19.3 Å². The Kier molecular flexibility index (Phi) is 6.55. The minimum absolute atomic E-state index is 0. The van der Waals surface area contributed by atoms with Crippen molar-refractivity contribution in [3.05, 3.63) is 35.0 Å². The fourth-order valence-electron chi connectivity index (χ4n) is 2.48. The average molecular weight is 301 g/mol. The van der Waals surface area contributed by atoms with Gasteiger partial charge in [-0.15, -0.1) is 30.3 Å². The van der Waals surface area contributed by atoms with Gasteiger partial charge in [0.1, 0.15) is 0 Å². The zero-order valence-electron chi connectivity index (χ0n) is 11.0. The van der Waals surface area contributed by atoms with Gasteiger partial charge in [0.2, 0.25) is 5.91 Å². The molecule has 19 heavy (non-hydrogen) atoms. The molecule has 1 aliphatic rings. The van der Waals surface area contributed by atoms with Gasteiger partial charge in [-0.1, -0.05) is 12.1 Å². The van der Waals surface area contributed by atoms with Gasteiger partial charge in [-0.2, -0.15) is 0 Å². The van der Waals surface area contributed by atoms with Crippen molar-refractivity contribution >= 4 is 29.7 Å². The quantitative estimate of drug-likeness (QED) is 0.850. The summed E-state index contributed by atoms with van der Waals surface area (Å²) in [5.41, 5.74) is 5.88. The van der Waals surface area contributed by atoms with Gasteiger partial charge in [0.25, 0.3) is 0 Å². The van der Waals surface area contributed by atoms with Crippen LogP contribution in [0.2, 0.25) is 0 Å². The SMILES string of the molecule is C=CCN(Cc1cccs1)C(=O)C1CCC(N)C1.Cl. The summed E-state index contributed by atoms with van der Waals surface area (Å²) in [6.45, 7) is 5.04. The molecule has 0 saturated heterocycles. The summed E-state index contributed by atoms with van der Waals surface area (Å²) in [6.07, 6.45) is 4.52. The molecule has 1 aromatic heterocycles. The third-order valence-corrected chi connectivity index (χ3v) is 4.27. The van der Waals surface area contributed by atoms with Crippen LogP contribution in [-0.2, 0) is 11.3 Å². The number of hydrogen-bond acceptors (Lipinski definition) is 3. The molecule has 1 saturated carbocycles. The van der Waals surface area contributed by atoms with Crippen molar-refractivity contribution in [2.75, 3.05) is 6.54 Å². The first-order chi connectivity index (χ1) is 8.70. The second kappa shape index (κ2) is 7.68. The average Bonchev–Trinajstić information content (AvgIpc) is 2.99. The fourth-order valence-corrected chi connectivity index (χ4v) is 3.20. The van der Waals surface area contributed by atoms with Gasteiger partial charge < -0.3 is 10.6 Å². The Labute approximate surface area is 124 Å². The van der Waals surface area contributed by atoms with E-state index in [1.54, 1.807) is 17.4 Å². The predicted octanol–water partition coefficient (Wildman–Crippen LogP) is 2.81. The molecule has 106 valence electrons. The molecule has 0 bridgehead atoms. The standard InChI is InChI=1S/C14H20N2OS.ClH/c1-2-7-16(10-13-4-3-8-18-13)14(17)11-5-6-12(15)9-11;/h2-4,8,11-12H,1,5-7,9-10,15H2;1H. The number of amides is 1. The lowest BCUT2D eigenvalue weighted by Gasteiger charge is -2.24. The number of nitrogens with zero attached hydrogens (tertiary/aromatic N) is 1. The van der Waals surface area contributed by atoms with Gasteiger partial charge in [-0.3, -0.25) is 4.79 Å². The van der Waals surface area contributed by atoms with Gasteiger partial charge in [0.15, 0.2) is 0 Å². The minimum atomic E-state index is 0. The van der Waals surface area contributed by atoms with Crippen molar-refractivity contribution in [2.24, 2.45) is 11.7 Å². The molecule has 1 aliphatic carbocycles. The van der Waals surface area contributed by atoms with Crippen LogP contribution in [0.5, 0.6) is 0 Å². The Bertz CT molecular complexity index is 408. The second-order valence-electron chi connectivity index (χ2n) is 4.86. The molecule has 2 atom stereocenters. The van der Waals surface area contributed by atoms with E-state index in [1.807, 2.05) is 16.3 Å². The van der Waals surface area contributed by atoms with Crippen LogP contribution in [-0.4, -0.2) is 23.4 Å². The van der Waals surface area contributed by atoms with E-state index in [1.165, 1.54) is 4.88 Å². The van der Waals surface area contributed by atoms with E-state index in [-0.39, 0.29) is 30.3 Å². The molecule has 0 aromatic carbocycles. The Balaban J connectivity index is 0.00000180. The maximum absolute atomic E-state index is 12.4. The van der Waals surface area contributed by atoms with Gasteiger partial charge in [-0.05, 0) is 30.7 Å². The highest BCUT2D eigenvalue weighted by Crippen LogP contribution is 2.27. The Morgan fingerprint density at radius 3 is 2.89 bits per heavy atom. The Hall–Kier alpha value is -0.840. The van der Waals surface area contributed by atoms with E-state index >= 15 is 0 Å².